The van der Waals surface area contributed by atoms with E-state index in [1.54, 1.807) is 18.4 Å². The van der Waals surface area contributed by atoms with Crippen molar-refractivity contribution in [3.8, 4) is 22.9 Å². The Labute approximate surface area is 192 Å². The maximum atomic E-state index is 12.9. The van der Waals surface area contributed by atoms with E-state index < -0.39 is 0 Å². The lowest BCUT2D eigenvalue weighted by Gasteiger charge is -2.12. The van der Waals surface area contributed by atoms with Gasteiger partial charge in [-0.2, -0.15) is 0 Å². The molecule has 0 fully saturated rings. The van der Waals surface area contributed by atoms with Crippen molar-refractivity contribution in [2.75, 3.05) is 7.11 Å². The Morgan fingerprint density at radius 1 is 1.10 bits per heavy atom. The molecule has 0 bridgehead atoms. The number of benzene rings is 2. The number of nitrogens with zero attached hydrogens (tertiary/aromatic N) is 1. The molecule has 5 rings (SSSR count). The summed E-state index contributed by atoms with van der Waals surface area (Å²) in [5.74, 6) is 1.79. The molecule has 0 unspecified atom stereocenters. The normalized spacial score (nSPS) is 13.2. The molecule has 1 N–H and O–H groups in total. The maximum Gasteiger partial charge on any atom is 0.260 e. The minimum absolute atomic E-state index is 0.0612. The Morgan fingerprint density at radius 3 is 2.71 bits per heavy atom. The molecule has 0 amide bonds. The van der Waals surface area contributed by atoms with Gasteiger partial charge in [0, 0.05) is 14.9 Å². The van der Waals surface area contributed by atoms with E-state index >= 15 is 0 Å². The number of halogens is 1. The van der Waals surface area contributed by atoms with Crippen LogP contribution < -0.4 is 15.0 Å². The van der Waals surface area contributed by atoms with Crippen LogP contribution in [-0.4, -0.2) is 17.1 Å². The first kappa shape index (κ1) is 20.3. The zero-order valence-electron chi connectivity index (χ0n) is 17.0. The maximum absolute atomic E-state index is 12.9. The predicted molar refractivity (Wildman–Crippen MR) is 127 cm³/mol. The molecular weight excluding hydrogens is 476 g/mol. The average Bonchev–Trinajstić information content (AvgIpc) is 3.17. The summed E-state index contributed by atoms with van der Waals surface area (Å²) in [6, 6.07) is 13.6. The third-order valence-corrected chi connectivity index (χ3v) is 7.28. The van der Waals surface area contributed by atoms with E-state index in [9.17, 15) is 4.79 Å². The summed E-state index contributed by atoms with van der Waals surface area (Å²) >= 11 is 5.09. The van der Waals surface area contributed by atoms with Crippen LogP contribution in [0.5, 0.6) is 11.5 Å². The van der Waals surface area contributed by atoms with Crippen LogP contribution in [0.25, 0.3) is 21.6 Å². The predicted octanol–water partition coefficient (Wildman–Crippen LogP) is 5.88. The third-order valence-electron chi connectivity index (χ3n) is 5.57. The molecule has 0 radical (unpaired) electrons. The molecule has 0 spiro atoms. The highest BCUT2D eigenvalue weighted by molar-refractivity contribution is 9.10. The van der Waals surface area contributed by atoms with Crippen molar-refractivity contribution in [1.29, 1.82) is 0 Å². The van der Waals surface area contributed by atoms with Crippen LogP contribution in [-0.2, 0) is 19.4 Å². The number of H-pyrrole nitrogens is 1. The standard InChI is InChI=1S/C24H21BrN2O3S/c1-29-19-12-15(8-11-18(19)30-13-14-6-9-16(25)10-7-14)22-26-23(28)21-17-4-2-3-5-20(17)31-24(21)27-22/h6-12H,2-5,13H2,1H3,(H,26,27,28). The van der Waals surface area contributed by atoms with Gasteiger partial charge in [-0.3, -0.25) is 4.79 Å². The summed E-state index contributed by atoms with van der Waals surface area (Å²) in [6.45, 7) is 0.435. The highest BCUT2D eigenvalue weighted by atomic mass is 79.9. The van der Waals surface area contributed by atoms with Crippen molar-refractivity contribution >= 4 is 37.5 Å². The number of ether oxygens (including phenoxy) is 2. The van der Waals surface area contributed by atoms with E-state index in [0.29, 0.717) is 23.9 Å². The summed E-state index contributed by atoms with van der Waals surface area (Å²) in [5.41, 5.74) is 2.99. The number of aromatic amines is 1. The molecule has 0 saturated heterocycles. The summed E-state index contributed by atoms with van der Waals surface area (Å²) in [4.78, 5) is 22.7. The fourth-order valence-corrected chi connectivity index (χ4v) is 5.50. The van der Waals surface area contributed by atoms with Crippen LogP contribution in [0.3, 0.4) is 0 Å². The van der Waals surface area contributed by atoms with Crippen LogP contribution in [0.1, 0.15) is 28.8 Å². The zero-order chi connectivity index (χ0) is 21.4. The lowest BCUT2D eigenvalue weighted by Crippen LogP contribution is -2.11. The van der Waals surface area contributed by atoms with Gasteiger partial charge in [-0.1, -0.05) is 28.1 Å². The Bertz CT molecular complexity index is 1310. The minimum Gasteiger partial charge on any atom is -0.493 e. The lowest BCUT2D eigenvalue weighted by molar-refractivity contribution is 0.284. The third kappa shape index (κ3) is 4.00. The molecule has 31 heavy (non-hydrogen) atoms. The summed E-state index contributed by atoms with van der Waals surface area (Å²) < 4.78 is 12.5. The van der Waals surface area contributed by atoms with Gasteiger partial charge < -0.3 is 14.5 Å². The summed E-state index contributed by atoms with van der Waals surface area (Å²) in [7, 11) is 1.61. The lowest BCUT2D eigenvalue weighted by atomic mass is 9.97. The van der Waals surface area contributed by atoms with Crippen molar-refractivity contribution in [2.24, 2.45) is 0 Å². The second-order valence-corrected chi connectivity index (χ2v) is 9.59. The Balaban J connectivity index is 1.45. The zero-order valence-corrected chi connectivity index (χ0v) is 19.4. The van der Waals surface area contributed by atoms with E-state index in [1.807, 2.05) is 42.5 Å². The molecule has 2 aromatic carbocycles. The van der Waals surface area contributed by atoms with E-state index in [1.165, 1.54) is 16.9 Å². The Hall–Kier alpha value is -2.64. The van der Waals surface area contributed by atoms with Crippen molar-refractivity contribution < 1.29 is 9.47 Å². The molecule has 0 saturated carbocycles. The molecule has 4 aromatic rings. The van der Waals surface area contributed by atoms with Gasteiger partial charge in [0.2, 0.25) is 0 Å². The molecule has 1 aliphatic carbocycles. The molecule has 2 aromatic heterocycles. The van der Waals surface area contributed by atoms with Crippen LogP contribution >= 0.6 is 27.3 Å². The van der Waals surface area contributed by atoms with Gasteiger partial charge in [0.15, 0.2) is 11.5 Å². The number of hydrogen-bond acceptors (Lipinski definition) is 5. The van der Waals surface area contributed by atoms with Gasteiger partial charge >= 0.3 is 0 Å². The topological polar surface area (TPSA) is 64.2 Å². The average molecular weight is 497 g/mol. The van der Waals surface area contributed by atoms with Gasteiger partial charge in [0.05, 0.1) is 12.5 Å². The van der Waals surface area contributed by atoms with E-state index in [4.69, 9.17) is 14.5 Å². The van der Waals surface area contributed by atoms with E-state index in [2.05, 4.69) is 20.9 Å². The summed E-state index contributed by atoms with van der Waals surface area (Å²) in [6.07, 6.45) is 4.34. The minimum atomic E-state index is -0.0612. The Morgan fingerprint density at radius 2 is 1.90 bits per heavy atom. The van der Waals surface area contributed by atoms with Crippen molar-refractivity contribution in [3.05, 3.63) is 73.3 Å². The molecule has 0 aliphatic heterocycles. The summed E-state index contributed by atoms with van der Waals surface area (Å²) in [5, 5.41) is 0.768. The first-order valence-corrected chi connectivity index (χ1v) is 11.8. The van der Waals surface area contributed by atoms with Gasteiger partial charge in [0.1, 0.15) is 17.3 Å². The van der Waals surface area contributed by atoms with Gasteiger partial charge in [-0.05, 0) is 67.1 Å². The first-order valence-electron chi connectivity index (χ1n) is 10.2. The number of thiophene rings is 1. The SMILES string of the molecule is COc1cc(-c2nc3sc4c(c3c(=O)[nH]2)CCCC4)ccc1OCc1ccc(Br)cc1. The van der Waals surface area contributed by atoms with Gasteiger partial charge in [-0.15, -0.1) is 11.3 Å². The van der Waals surface area contributed by atoms with Gasteiger partial charge in [-0.25, -0.2) is 4.98 Å². The van der Waals surface area contributed by atoms with Crippen LogP contribution in [0, 0.1) is 0 Å². The fourth-order valence-electron chi connectivity index (χ4n) is 3.98. The van der Waals surface area contributed by atoms with Crippen LogP contribution in [0.15, 0.2) is 51.7 Å². The number of aryl methyl sites for hydroxylation is 2. The van der Waals surface area contributed by atoms with Gasteiger partial charge in [0.25, 0.3) is 5.56 Å². The van der Waals surface area contributed by atoms with E-state index in [-0.39, 0.29) is 5.56 Å². The number of rotatable bonds is 5. The molecule has 2 heterocycles. The largest absolute Gasteiger partial charge is 0.493 e. The van der Waals surface area contributed by atoms with Crippen molar-refractivity contribution in [3.63, 3.8) is 0 Å². The quantitative estimate of drug-likeness (QED) is 0.374. The first-order chi connectivity index (χ1) is 15.1. The molecule has 7 heteroatoms. The van der Waals surface area contributed by atoms with Crippen molar-refractivity contribution in [1.82, 2.24) is 9.97 Å². The monoisotopic (exact) mass is 496 g/mol. The number of nitrogens with one attached hydrogen (secondary N) is 1. The van der Waals surface area contributed by atoms with Crippen LogP contribution in [0.4, 0.5) is 0 Å². The smallest absolute Gasteiger partial charge is 0.260 e. The van der Waals surface area contributed by atoms with Crippen molar-refractivity contribution in [2.45, 2.75) is 32.3 Å². The number of fused-ring (bicyclic) bond motifs is 3. The molecular formula is C24H21BrN2O3S. The fraction of sp³-hybridized carbons (Fsp3) is 0.250. The number of methoxy groups -OCH3 is 1. The highest BCUT2D eigenvalue weighted by Gasteiger charge is 2.20. The highest BCUT2D eigenvalue weighted by Crippen LogP contribution is 2.36. The van der Waals surface area contributed by atoms with Crippen LogP contribution in [0.2, 0.25) is 0 Å². The second kappa shape index (κ2) is 8.48. The molecule has 5 nitrogen and oxygen atoms in total. The van der Waals surface area contributed by atoms with E-state index in [0.717, 1.165) is 45.1 Å². The molecule has 0 atom stereocenters. The Kier molecular flexibility index (Phi) is 5.54. The number of hydrogen-bond donors (Lipinski definition) is 1. The molecule has 1 aliphatic rings. The molecule has 158 valence electrons. The second-order valence-electron chi connectivity index (χ2n) is 7.59. The number of aromatic nitrogens is 2.